The molecule has 0 bridgehead atoms. The zero-order chi connectivity index (χ0) is 18.4. The predicted molar refractivity (Wildman–Crippen MR) is 94.4 cm³/mol. The highest BCUT2D eigenvalue weighted by atomic mass is 35.5. The van der Waals surface area contributed by atoms with Gasteiger partial charge in [0.05, 0.1) is 11.4 Å². The Morgan fingerprint density at radius 1 is 1.16 bits per heavy atom. The van der Waals surface area contributed by atoms with Gasteiger partial charge in [0, 0.05) is 23.1 Å². The van der Waals surface area contributed by atoms with Gasteiger partial charge in [-0.15, -0.1) is 0 Å². The molecule has 2 aromatic rings. The Labute approximate surface area is 153 Å². The summed E-state index contributed by atoms with van der Waals surface area (Å²) in [6.07, 6.45) is -4.54. The smallest absolute Gasteiger partial charge is 0.397 e. The van der Waals surface area contributed by atoms with E-state index in [-0.39, 0.29) is 35.1 Å². The molecule has 1 saturated heterocycles. The van der Waals surface area contributed by atoms with Gasteiger partial charge in [0.2, 0.25) is 0 Å². The van der Waals surface area contributed by atoms with E-state index in [1.54, 1.807) is 24.0 Å². The number of hydrogen-bond donors (Lipinski definition) is 1. The fraction of sp³-hybridized carbons (Fsp3) is 0.353. The topological polar surface area (TPSA) is 42.2 Å². The lowest BCUT2D eigenvalue weighted by Gasteiger charge is -2.32. The van der Waals surface area contributed by atoms with E-state index < -0.39 is 11.6 Å². The molecular weight excluding hydrogens is 374 g/mol. The van der Waals surface area contributed by atoms with Crippen molar-refractivity contribution in [3.8, 4) is 0 Å². The lowest BCUT2D eigenvalue weighted by molar-refractivity contribution is -0.184. The third-order valence-corrected chi connectivity index (χ3v) is 5.10. The average molecular weight is 390 g/mol. The van der Waals surface area contributed by atoms with Crippen LogP contribution in [0.25, 0.3) is 0 Å². The van der Waals surface area contributed by atoms with Gasteiger partial charge in [-0.2, -0.15) is 13.2 Å². The molecule has 0 spiro atoms. The maximum atomic E-state index is 14.0. The van der Waals surface area contributed by atoms with Gasteiger partial charge in [-0.1, -0.05) is 23.2 Å². The van der Waals surface area contributed by atoms with Crippen molar-refractivity contribution < 1.29 is 13.2 Å². The Hall–Kier alpha value is -1.66. The van der Waals surface area contributed by atoms with E-state index in [2.05, 4.69) is 4.98 Å². The molecule has 1 fully saturated rings. The summed E-state index contributed by atoms with van der Waals surface area (Å²) in [5, 5.41) is 0.372. The van der Waals surface area contributed by atoms with E-state index in [1.807, 2.05) is 0 Å². The fourth-order valence-electron chi connectivity index (χ4n) is 3.20. The number of rotatable bonds is 2. The zero-order valence-corrected chi connectivity index (χ0v) is 14.9. The maximum absolute atomic E-state index is 14.0. The van der Waals surface area contributed by atoms with Gasteiger partial charge in [-0.3, -0.25) is 0 Å². The second-order valence-electron chi connectivity index (χ2n) is 6.25. The van der Waals surface area contributed by atoms with Crippen LogP contribution in [0.2, 0.25) is 10.0 Å². The standard InChI is InChI=1S/C17H16Cl2F3N3/c1-10-14(23)2-3-15(24-10)25-5-4-16(9-25,17(20,21)22)11-6-12(18)8-13(19)7-11/h2-3,6-8H,4-5,9,23H2,1H3. The number of nitrogens with two attached hydrogens (primary N) is 1. The minimum absolute atomic E-state index is 0.0761. The molecule has 1 unspecified atom stereocenters. The molecule has 2 heterocycles. The predicted octanol–water partition coefficient (Wildman–Crippen LogP) is 4.99. The van der Waals surface area contributed by atoms with Gasteiger partial charge in [0.1, 0.15) is 11.2 Å². The summed E-state index contributed by atoms with van der Waals surface area (Å²) in [5.41, 5.74) is 4.87. The monoisotopic (exact) mass is 389 g/mol. The van der Waals surface area contributed by atoms with Crippen molar-refractivity contribution in [2.24, 2.45) is 0 Å². The Morgan fingerprint density at radius 2 is 1.80 bits per heavy atom. The number of alkyl halides is 3. The lowest BCUT2D eigenvalue weighted by Crippen LogP contribution is -2.45. The highest BCUT2D eigenvalue weighted by Crippen LogP contribution is 2.49. The van der Waals surface area contributed by atoms with E-state index in [0.29, 0.717) is 17.2 Å². The van der Waals surface area contributed by atoms with Crippen LogP contribution in [0.3, 0.4) is 0 Å². The van der Waals surface area contributed by atoms with E-state index in [9.17, 15) is 13.2 Å². The summed E-state index contributed by atoms with van der Waals surface area (Å²) in [4.78, 5) is 5.93. The minimum Gasteiger partial charge on any atom is -0.397 e. The molecule has 0 radical (unpaired) electrons. The molecule has 3 rings (SSSR count). The van der Waals surface area contributed by atoms with Gasteiger partial charge in [0.25, 0.3) is 0 Å². The first kappa shape index (κ1) is 18.1. The molecule has 25 heavy (non-hydrogen) atoms. The number of nitrogen functional groups attached to an aromatic ring is 1. The first-order valence-corrected chi connectivity index (χ1v) is 8.39. The molecule has 0 amide bonds. The van der Waals surface area contributed by atoms with Crippen molar-refractivity contribution in [1.29, 1.82) is 0 Å². The number of nitrogens with zero attached hydrogens (tertiary/aromatic N) is 2. The largest absolute Gasteiger partial charge is 0.400 e. The van der Waals surface area contributed by atoms with Crippen molar-refractivity contribution >= 4 is 34.7 Å². The van der Waals surface area contributed by atoms with Crippen LogP contribution < -0.4 is 10.6 Å². The normalized spacial score (nSPS) is 21.0. The summed E-state index contributed by atoms with van der Waals surface area (Å²) < 4.78 is 42.1. The van der Waals surface area contributed by atoms with Gasteiger partial charge in [0.15, 0.2) is 0 Å². The summed E-state index contributed by atoms with van der Waals surface area (Å²) in [6, 6.07) is 7.40. The number of pyridine rings is 1. The summed E-state index contributed by atoms with van der Waals surface area (Å²) >= 11 is 11.9. The molecule has 1 aromatic carbocycles. The quantitative estimate of drug-likeness (QED) is 0.786. The van der Waals surface area contributed by atoms with Gasteiger partial charge in [-0.25, -0.2) is 4.98 Å². The van der Waals surface area contributed by atoms with Crippen LogP contribution in [-0.2, 0) is 5.41 Å². The molecule has 1 atom stereocenters. The average Bonchev–Trinajstić information content (AvgIpc) is 2.95. The van der Waals surface area contributed by atoms with Crippen molar-refractivity contribution in [2.75, 3.05) is 23.7 Å². The van der Waals surface area contributed by atoms with Crippen LogP contribution in [0.1, 0.15) is 17.7 Å². The molecule has 134 valence electrons. The Bertz CT molecular complexity index is 790. The highest BCUT2D eigenvalue weighted by molar-refractivity contribution is 6.34. The van der Waals surface area contributed by atoms with Crippen molar-refractivity contribution in [2.45, 2.75) is 24.9 Å². The molecule has 1 aliphatic heterocycles. The number of halogens is 5. The molecule has 8 heteroatoms. The molecule has 1 aliphatic rings. The number of benzene rings is 1. The van der Waals surface area contributed by atoms with Gasteiger partial charge in [-0.05, 0) is 49.2 Å². The number of aryl methyl sites for hydroxylation is 1. The Morgan fingerprint density at radius 3 is 2.36 bits per heavy atom. The van der Waals surface area contributed by atoms with Crippen molar-refractivity contribution in [3.05, 3.63) is 51.6 Å². The SMILES string of the molecule is Cc1nc(N2CCC(c3cc(Cl)cc(Cl)c3)(C(F)(F)F)C2)ccc1N. The van der Waals surface area contributed by atoms with Crippen LogP contribution >= 0.6 is 23.2 Å². The maximum Gasteiger partial charge on any atom is 0.400 e. The van der Waals surface area contributed by atoms with Crippen LogP contribution in [0.5, 0.6) is 0 Å². The lowest BCUT2D eigenvalue weighted by atomic mass is 9.79. The minimum atomic E-state index is -4.45. The summed E-state index contributed by atoms with van der Waals surface area (Å²) in [7, 11) is 0. The molecule has 1 aromatic heterocycles. The zero-order valence-electron chi connectivity index (χ0n) is 13.4. The first-order valence-electron chi connectivity index (χ1n) is 7.64. The molecule has 0 aliphatic carbocycles. The third kappa shape index (κ3) is 3.25. The molecule has 2 N–H and O–H groups in total. The third-order valence-electron chi connectivity index (χ3n) is 4.66. The van der Waals surface area contributed by atoms with E-state index in [4.69, 9.17) is 28.9 Å². The fourth-order valence-corrected chi connectivity index (χ4v) is 3.73. The Kier molecular flexibility index (Phi) is 4.54. The number of anilines is 2. The number of hydrogen-bond acceptors (Lipinski definition) is 3. The van der Waals surface area contributed by atoms with Gasteiger partial charge >= 0.3 is 6.18 Å². The van der Waals surface area contributed by atoms with Crippen molar-refractivity contribution in [1.82, 2.24) is 4.98 Å². The molecule has 3 nitrogen and oxygen atoms in total. The van der Waals surface area contributed by atoms with E-state index in [0.717, 1.165) is 0 Å². The number of aromatic nitrogens is 1. The van der Waals surface area contributed by atoms with Crippen molar-refractivity contribution in [3.63, 3.8) is 0 Å². The van der Waals surface area contributed by atoms with E-state index >= 15 is 0 Å². The van der Waals surface area contributed by atoms with Crippen LogP contribution in [0.4, 0.5) is 24.7 Å². The van der Waals surface area contributed by atoms with Gasteiger partial charge < -0.3 is 10.6 Å². The van der Waals surface area contributed by atoms with Crippen LogP contribution in [0.15, 0.2) is 30.3 Å². The summed E-state index contributed by atoms with van der Waals surface area (Å²) in [6.45, 7) is 1.70. The first-order chi connectivity index (χ1) is 11.6. The second-order valence-corrected chi connectivity index (χ2v) is 7.13. The van der Waals surface area contributed by atoms with Crippen LogP contribution in [0, 0.1) is 6.92 Å². The molecular formula is C17H16Cl2F3N3. The van der Waals surface area contributed by atoms with E-state index in [1.165, 1.54) is 18.2 Å². The van der Waals surface area contributed by atoms with Crippen LogP contribution in [-0.4, -0.2) is 24.2 Å². The molecule has 0 saturated carbocycles. The Balaban J connectivity index is 2.03. The second kappa shape index (κ2) is 6.25. The summed E-state index contributed by atoms with van der Waals surface area (Å²) in [5.74, 6) is 0.478. The highest BCUT2D eigenvalue weighted by Gasteiger charge is 2.59.